The highest BCUT2D eigenvalue weighted by molar-refractivity contribution is 7.10. The molecule has 0 fully saturated rings. The van der Waals surface area contributed by atoms with Crippen molar-refractivity contribution in [2.75, 3.05) is 13.2 Å². The Morgan fingerprint density at radius 2 is 2.10 bits per heavy atom. The Morgan fingerprint density at radius 3 is 2.70 bits per heavy atom. The van der Waals surface area contributed by atoms with Crippen LogP contribution in [0.4, 0.5) is 0 Å². The third kappa shape index (κ3) is 3.82. The molecule has 0 radical (unpaired) electrons. The van der Waals surface area contributed by atoms with Gasteiger partial charge in [0.25, 0.3) is 5.91 Å². The maximum Gasteiger partial charge on any atom is 0.251 e. The largest absolute Gasteiger partial charge is 0.494 e. The summed E-state index contributed by atoms with van der Waals surface area (Å²) in [6.45, 7) is 2.71. The first kappa shape index (κ1) is 14.6. The third-order valence-corrected chi connectivity index (χ3v) is 3.73. The van der Waals surface area contributed by atoms with Crippen molar-refractivity contribution in [2.24, 2.45) is 0 Å². The average Bonchev–Trinajstić information content (AvgIpc) is 3.00. The highest BCUT2D eigenvalue weighted by Crippen LogP contribution is 2.18. The number of aliphatic hydroxyl groups excluding tert-OH is 1. The van der Waals surface area contributed by atoms with E-state index in [1.807, 2.05) is 24.4 Å². The van der Waals surface area contributed by atoms with E-state index in [0.29, 0.717) is 12.2 Å². The lowest BCUT2D eigenvalue weighted by Crippen LogP contribution is -2.28. The summed E-state index contributed by atoms with van der Waals surface area (Å²) < 4.78 is 5.32. The van der Waals surface area contributed by atoms with Crippen LogP contribution in [0.1, 0.15) is 28.3 Å². The van der Waals surface area contributed by atoms with E-state index in [9.17, 15) is 9.90 Å². The molecule has 106 valence electrons. The minimum Gasteiger partial charge on any atom is -0.494 e. The first-order valence-electron chi connectivity index (χ1n) is 6.43. The van der Waals surface area contributed by atoms with E-state index < -0.39 is 6.10 Å². The monoisotopic (exact) mass is 291 g/mol. The van der Waals surface area contributed by atoms with Gasteiger partial charge in [0.05, 0.1) is 6.61 Å². The van der Waals surface area contributed by atoms with Gasteiger partial charge in [-0.15, -0.1) is 11.3 Å². The van der Waals surface area contributed by atoms with Crippen LogP contribution in [0.3, 0.4) is 0 Å². The number of nitrogens with one attached hydrogen (secondary N) is 1. The second-order valence-electron chi connectivity index (χ2n) is 4.20. The van der Waals surface area contributed by atoms with Crippen molar-refractivity contribution in [3.63, 3.8) is 0 Å². The maximum absolute atomic E-state index is 11.9. The fourth-order valence-corrected chi connectivity index (χ4v) is 2.45. The molecule has 0 aliphatic heterocycles. The SMILES string of the molecule is CCOc1ccc(C(=O)NCC(O)c2cccs2)cc1. The van der Waals surface area contributed by atoms with Crippen LogP contribution >= 0.6 is 11.3 Å². The number of rotatable bonds is 6. The minimum absolute atomic E-state index is 0.201. The van der Waals surface area contributed by atoms with E-state index in [4.69, 9.17) is 4.74 Å². The molecule has 1 aromatic carbocycles. The van der Waals surface area contributed by atoms with E-state index in [0.717, 1.165) is 10.6 Å². The molecule has 0 aliphatic carbocycles. The van der Waals surface area contributed by atoms with Crippen LogP contribution in [-0.2, 0) is 0 Å². The zero-order valence-electron chi connectivity index (χ0n) is 11.2. The topological polar surface area (TPSA) is 58.6 Å². The zero-order valence-corrected chi connectivity index (χ0v) is 12.0. The standard InChI is InChI=1S/C15H17NO3S/c1-2-19-12-7-5-11(6-8-12)15(18)16-10-13(17)14-4-3-9-20-14/h3-9,13,17H,2,10H2,1H3,(H,16,18). The Labute approximate surface area is 122 Å². The molecular weight excluding hydrogens is 274 g/mol. The average molecular weight is 291 g/mol. The summed E-state index contributed by atoms with van der Waals surface area (Å²) >= 11 is 1.47. The molecule has 0 saturated carbocycles. The van der Waals surface area contributed by atoms with Crippen LogP contribution in [0.15, 0.2) is 41.8 Å². The quantitative estimate of drug-likeness (QED) is 0.860. The maximum atomic E-state index is 11.9. The molecular formula is C15H17NO3S. The lowest BCUT2D eigenvalue weighted by molar-refractivity contribution is 0.0918. The lowest BCUT2D eigenvalue weighted by Gasteiger charge is -2.10. The van der Waals surface area contributed by atoms with Crippen molar-refractivity contribution in [1.29, 1.82) is 0 Å². The number of carbonyl (C=O) groups is 1. The van der Waals surface area contributed by atoms with E-state index in [1.165, 1.54) is 11.3 Å². The minimum atomic E-state index is -0.665. The molecule has 0 spiro atoms. The Kier molecular flexibility index (Phi) is 5.15. The van der Waals surface area contributed by atoms with Crippen LogP contribution in [0, 0.1) is 0 Å². The van der Waals surface area contributed by atoms with Crippen molar-refractivity contribution in [3.8, 4) is 5.75 Å². The molecule has 2 aromatic rings. The predicted molar refractivity (Wildman–Crippen MR) is 79.2 cm³/mol. The molecule has 0 bridgehead atoms. The summed E-state index contributed by atoms with van der Waals surface area (Å²) in [6.07, 6.45) is -0.665. The number of amides is 1. The number of ether oxygens (including phenoxy) is 1. The van der Waals surface area contributed by atoms with E-state index >= 15 is 0 Å². The number of aliphatic hydroxyl groups is 1. The summed E-state index contributed by atoms with van der Waals surface area (Å²) in [5.41, 5.74) is 0.548. The molecule has 4 nitrogen and oxygen atoms in total. The van der Waals surface area contributed by atoms with Crippen molar-refractivity contribution in [1.82, 2.24) is 5.32 Å². The van der Waals surface area contributed by atoms with Gasteiger partial charge in [-0.05, 0) is 42.6 Å². The number of carbonyl (C=O) groups excluding carboxylic acids is 1. The van der Waals surface area contributed by atoms with Crippen LogP contribution in [-0.4, -0.2) is 24.2 Å². The Balaban J connectivity index is 1.88. The summed E-state index contributed by atoms with van der Waals surface area (Å²) in [7, 11) is 0. The van der Waals surface area contributed by atoms with E-state index in [-0.39, 0.29) is 12.5 Å². The molecule has 2 rings (SSSR count). The van der Waals surface area contributed by atoms with Crippen LogP contribution in [0.5, 0.6) is 5.75 Å². The third-order valence-electron chi connectivity index (χ3n) is 2.76. The van der Waals surface area contributed by atoms with Crippen molar-refractivity contribution < 1.29 is 14.6 Å². The second-order valence-corrected chi connectivity index (χ2v) is 5.18. The normalized spacial score (nSPS) is 11.9. The number of hydrogen-bond donors (Lipinski definition) is 2. The van der Waals surface area contributed by atoms with Gasteiger partial charge in [-0.25, -0.2) is 0 Å². The Bertz CT molecular complexity index is 537. The van der Waals surface area contributed by atoms with Gasteiger partial charge < -0.3 is 15.2 Å². The first-order chi connectivity index (χ1) is 9.70. The van der Waals surface area contributed by atoms with E-state index in [1.54, 1.807) is 24.3 Å². The van der Waals surface area contributed by atoms with Crippen LogP contribution in [0.25, 0.3) is 0 Å². The van der Waals surface area contributed by atoms with Crippen molar-refractivity contribution in [3.05, 3.63) is 52.2 Å². The molecule has 0 aliphatic rings. The van der Waals surface area contributed by atoms with Gasteiger partial charge in [0, 0.05) is 17.0 Å². The summed E-state index contributed by atoms with van der Waals surface area (Å²) in [4.78, 5) is 12.8. The van der Waals surface area contributed by atoms with Gasteiger partial charge in [-0.3, -0.25) is 4.79 Å². The molecule has 5 heteroatoms. The zero-order chi connectivity index (χ0) is 14.4. The molecule has 20 heavy (non-hydrogen) atoms. The van der Waals surface area contributed by atoms with Crippen molar-refractivity contribution >= 4 is 17.2 Å². The Hall–Kier alpha value is -1.85. The van der Waals surface area contributed by atoms with Gasteiger partial charge in [0.2, 0.25) is 0 Å². The van der Waals surface area contributed by atoms with Gasteiger partial charge in [0.1, 0.15) is 11.9 Å². The van der Waals surface area contributed by atoms with Gasteiger partial charge in [-0.2, -0.15) is 0 Å². The highest BCUT2D eigenvalue weighted by Gasteiger charge is 2.11. The van der Waals surface area contributed by atoms with Gasteiger partial charge >= 0.3 is 0 Å². The van der Waals surface area contributed by atoms with Crippen molar-refractivity contribution in [2.45, 2.75) is 13.0 Å². The lowest BCUT2D eigenvalue weighted by atomic mass is 10.2. The molecule has 1 atom stereocenters. The summed E-state index contributed by atoms with van der Waals surface area (Å²) in [5.74, 6) is 0.534. The summed E-state index contributed by atoms with van der Waals surface area (Å²) in [5, 5.41) is 14.5. The first-order valence-corrected chi connectivity index (χ1v) is 7.31. The van der Waals surface area contributed by atoms with E-state index in [2.05, 4.69) is 5.32 Å². The molecule has 1 amide bonds. The van der Waals surface area contributed by atoms with Gasteiger partial charge in [0.15, 0.2) is 0 Å². The fraction of sp³-hybridized carbons (Fsp3) is 0.267. The van der Waals surface area contributed by atoms with Crippen LogP contribution in [0.2, 0.25) is 0 Å². The fourth-order valence-electron chi connectivity index (χ4n) is 1.74. The van der Waals surface area contributed by atoms with Crippen LogP contribution < -0.4 is 10.1 Å². The molecule has 2 N–H and O–H groups in total. The predicted octanol–water partition coefficient (Wildman–Crippen LogP) is 2.61. The molecule has 0 saturated heterocycles. The second kappa shape index (κ2) is 7.07. The number of benzene rings is 1. The number of thiophene rings is 1. The smallest absolute Gasteiger partial charge is 0.251 e. The molecule has 1 heterocycles. The molecule has 1 unspecified atom stereocenters. The Morgan fingerprint density at radius 1 is 1.35 bits per heavy atom. The summed E-state index contributed by atoms with van der Waals surface area (Å²) in [6, 6.07) is 10.6. The highest BCUT2D eigenvalue weighted by atomic mass is 32.1. The number of hydrogen-bond acceptors (Lipinski definition) is 4. The molecule has 1 aromatic heterocycles. The van der Waals surface area contributed by atoms with Gasteiger partial charge in [-0.1, -0.05) is 6.07 Å².